The van der Waals surface area contributed by atoms with Crippen molar-refractivity contribution >= 4 is 28.3 Å². The molecule has 1 amide bonds. The number of amides is 1. The van der Waals surface area contributed by atoms with Crippen molar-refractivity contribution in [1.29, 1.82) is 0 Å². The number of carbonyl (C=O) groups excluding carboxylic acids is 1. The third-order valence-electron chi connectivity index (χ3n) is 6.11. The Hall–Kier alpha value is -2.70. The van der Waals surface area contributed by atoms with Crippen LogP contribution >= 0.6 is 11.6 Å². The molecule has 2 heterocycles. The maximum atomic E-state index is 13.2. The van der Waals surface area contributed by atoms with E-state index in [0.29, 0.717) is 29.9 Å². The smallest absolute Gasteiger partial charge is 0.274 e. The Morgan fingerprint density at radius 3 is 2.66 bits per heavy atom. The van der Waals surface area contributed by atoms with Crippen molar-refractivity contribution in [3.05, 3.63) is 75.2 Å². The lowest BCUT2D eigenvalue weighted by Crippen LogP contribution is -2.38. The first-order valence-electron chi connectivity index (χ1n) is 11.2. The number of halogens is 1. The van der Waals surface area contributed by atoms with Gasteiger partial charge in [0.1, 0.15) is 0 Å². The van der Waals surface area contributed by atoms with E-state index in [0.717, 1.165) is 49.0 Å². The summed E-state index contributed by atoms with van der Waals surface area (Å²) < 4.78 is 1.66. The predicted octanol–water partition coefficient (Wildman–Crippen LogP) is 3.63. The molecule has 4 rings (SSSR count). The molecule has 32 heavy (non-hydrogen) atoms. The van der Waals surface area contributed by atoms with Gasteiger partial charge in [0.15, 0.2) is 0 Å². The van der Waals surface area contributed by atoms with E-state index in [1.165, 1.54) is 6.92 Å². The van der Waals surface area contributed by atoms with Crippen LogP contribution in [0.25, 0.3) is 10.8 Å². The number of fused-ring (bicyclic) bond motifs is 1. The molecule has 1 atom stereocenters. The summed E-state index contributed by atoms with van der Waals surface area (Å²) in [6, 6.07) is 15.8. The van der Waals surface area contributed by atoms with Gasteiger partial charge in [-0.25, -0.2) is 4.68 Å². The number of hydrogen-bond donors (Lipinski definition) is 1. The van der Waals surface area contributed by atoms with Gasteiger partial charge in [0.25, 0.3) is 5.56 Å². The highest BCUT2D eigenvalue weighted by atomic mass is 35.5. The maximum Gasteiger partial charge on any atom is 0.274 e. The van der Waals surface area contributed by atoms with Crippen LogP contribution in [0.1, 0.15) is 37.4 Å². The maximum absolute atomic E-state index is 13.2. The lowest BCUT2D eigenvalue weighted by atomic mass is 10.0. The first-order valence-corrected chi connectivity index (χ1v) is 11.6. The van der Waals surface area contributed by atoms with E-state index in [2.05, 4.69) is 10.2 Å². The average Bonchev–Trinajstić information content (AvgIpc) is 3.23. The van der Waals surface area contributed by atoms with E-state index in [4.69, 9.17) is 16.7 Å². The molecule has 168 valence electrons. The van der Waals surface area contributed by atoms with E-state index in [9.17, 15) is 9.59 Å². The summed E-state index contributed by atoms with van der Waals surface area (Å²) >= 11 is 6.04. The molecular formula is C25H29ClN4O2. The highest BCUT2D eigenvalue weighted by molar-refractivity contribution is 6.30. The number of nitrogens with one attached hydrogen (secondary N) is 1. The largest absolute Gasteiger partial charge is 0.356 e. The van der Waals surface area contributed by atoms with Crippen LogP contribution in [-0.2, 0) is 17.8 Å². The average molecular weight is 453 g/mol. The van der Waals surface area contributed by atoms with Crippen molar-refractivity contribution < 1.29 is 4.79 Å². The molecule has 0 radical (unpaired) electrons. The molecule has 1 aromatic heterocycles. The molecule has 1 aliphatic heterocycles. The molecule has 1 aliphatic rings. The number of likely N-dealkylation sites (tertiary alicyclic amines) is 1. The summed E-state index contributed by atoms with van der Waals surface area (Å²) in [5.41, 5.74) is 1.97. The molecule has 1 fully saturated rings. The third kappa shape index (κ3) is 5.37. The van der Waals surface area contributed by atoms with Crippen molar-refractivity contribution in [1.82, 2.24) is 20.0 Å². The number of benzene rings is 2. The zero-order chi connectivity index (χ0) is 22.5. The SMILES string of the molecule is CC(=O)NCCCN1CCC[C@@H]1Cn1nc(Cc2ccc(Cl)cc2)c2ccccc2c1=O. The van der Waals surface area contributed by atoms with E-state index >= 15 is 0 Å². The second-order valence-corrected chi connectivity index (χ2v) is 8.89. The third-order valence-corrected chi connectivity index (χ3v) is 6.36. The molecule has 0 bridgehead atoms. The molecule has 1 saturated heterocycles. The minimum atomic E-state index is -0.0365. The van der Waals surface area contributed by atoms with Crippen LogP contribution in [0.3, 0.4) is 0 Å². The molecule has 0 spiro atoms. The number of rotatable bonds is 8. The van der Waals surface area contributed by atoms with Gasteiger partial charge < -0.3 is 5.32 Å². The van der Waals surface area contributed by atoms with Crippen molar-refractivity contribution in [2.24, 2.45) is 0 Å². The molecule has 3 aromatic rings. The van der Waals surface area contributed by atoms with Crippen molar-refractivity contribution in [2.75, 3.05) is 19.6 Å². The van der Waals surface area contributed by atoms with Crippen molar-refractivity contribution in [3.63, 3.8) is 0 Å². The van der Waals surface area contributed by atoms with Crippen LogP contribution in [0, 0.1) is 0 Å². The minimum absolute atomic E-state index is 0.00287. The predicted molar refractivity (Wildman–Crippen MR) is 128 cm³/mol. The van der Waals surface area contributed by atoms with E-state index in [-0.39, 0.29) is 17.5 Å². The summed E-state index contributed by atoms with van der Waals surface area (Å²) in [4.78, 5) is 26.7. The molecule has 7 heteroatoms. The fourth-order valence-electron chi connectivity index (χ4n) is 4.50. The Morgan fingerprint density at radius 2 is 1.91 bits per heavy atom. The quantitative estimate of drug-likeness (QED) is 0.530. The fourth-order valence-corrected chi connectivity index (χ4v) is 4.62. The van der Waals surface area contributed by atoms with E-state index < -0.39 is 0 Å². The fraction of sp³-hybridized carbons (Fsp3) is 0.400. The monoisotopic (exact) mass is 452 g/mol. The number of nitrogens with zero attached hydrogens (tertiary/aromatic N) is 3. The molecule has 6 nitrogen and oxygen atoms in total. The van der Waals surface area contributed by atoms with Crippen LogP contribution in [-0.4, -0.2) is 46.3 Å². The Labute approximate surface area is 193 Å². The first-order chi connectivity index (χ1) is 15.5. The van der Waals surface area contributed by atoms with E-state index in [1.54, 1.807) is 4.68 Å². The van der Waals surface area contributed by atoms with E-state index in [1.807, 2.05) is 48.5 Å². The van der Waals surface area contributed by atoms with Gasteiger partial charge in [-0.05, 0) is 49.6 Å². The Kier molecular flexibility index (Phi) is 7.22. The zero-order valence-corrected chi connectivity index (χ0v) is 19.1. The Morgan fingerprint density at radius 1 is 1.16 bits per heavy atom. The summed E-state index contributed by atoms with van der Waals surface area (Å²) in [6.45, 7) is 4.73. The highest BCUT2D eigenvalue weighted by Crippen LogP contribution is 2.21. The molecule has 0 saturated carbocycles. The van der Waals surface area contributed by atoms with Crippen LogP contribution < -0.4 is 10.9 Å². The normalized spacial score (nSPS) is 16.5. The summed E-state index contributed by atoms with van der Waals surface area (Å²) in [7, 11) is 0. The van der Waals surface area contributed by atoms with Gasteiger partial charge >= 0.3 is 0 Å². The number of aromatic nitrogens is 2. The molecular weight excluding hydrogens is 424 g/mol. The van der Waals surface area contributed by atoms with Crippen molar-refractivity contribution in [2.45, 2.75) is 45.2 Å². The molecule has 2 aromatic carbocycles. The number of hydrogen-bond acceptors (Lipinski definition) is 4. The van der Waals surface area contributed by atoms with Gasteiger partial charge in [0, 0.05) is 42.9 Å². The molecule has 0 unspecified atom stereocenters. The van der Waals surface area contributed by atoms with Gasteiger partial charge in [-0.3, -0.25) is 14.5 Å². The molecule has 1 N–H and O–H groups in total. The summed E-state index contributed by atoms with van der Waals surface area (Å²) in [5, 5.41) is 10.00. The second-order valence-electron chi connectivity index (χ2n) is 8.45. The van der Waals surface area contributed by atoms with Crippen molar-refractivity contribution in [3.8, 4) is 0 Å². The topological polar surface area (TPSA) is 67.2 Å². The van der Waals surface area contributed by atoms with Gasteiger partial charge in [-0.2, -0.15) is 5.10 Å². The van der Waals surface area contributed by atoms with Gasteiger partial charge in [-0.1, -0.05) is 41.9 Å². The van der Waals surface area contributed by atoms with Gasteiger partial charge in [0.2, 0.25) is 5.91 Å². The Bertz CT molecular complexity index is 1140. The lowest BCUT2D eigenvalue weighted by molar-refractivity contribution is -0.118. The standard InChI is InChI=1S/C25H29ClN4O2/c1-18(31)27-13-5-15-29-14-4-6-21(29)17-30-25(32)23-8-3-2-7-22(23)24(28-30)16-19-9-11-20(26)12-10-19/h2-3,7-12,21H,4-6,13-17H2,1H3,(H,27,31)/t21-/m1/s1. The first kappa shape index (κ1) is 22.5. The van der Waals surface area contributed by atoms with Gasteiger partial charge in [-0.15, -0.1) is 0 Å². The Balaban J connectivity index is 1.57. The molecule has 0 aliphatic carbocycles. The van der Waals surface area contributed by atoms with Crippen LogP contribution in [0.5, 0.6) is 0 Å². The zero-order valence-electron chi connectivity index (χ0n) is 18.4. The second kappa shape index (κ2) is 10.3. The van der Waals surface area contributed by atoms with Crippen LogP contribution in [0.4, 0.5) is 0 Å². The lowest BCUT2D eigenvalue weighted by Gasteiger charge is -2.25. The van der Waals surface area contributed by atoms with Crippen LogP contribution in [0.2, 0.25) is 5.02 Å². The number of carbonyl (C=O) groups is 1. The summed E-state index contributed by atoms with van der Waals surface area (Å²) in [6.07, 6.45) is 3.71. The highest BCUT2D eigenvalue weighted by Gasteiger charge is 2.25. The van der Waals surface area contributed by atoms with Crippen LogP contribution in [0.15, 0.2) is 53.3 Å². The summed E-state index contributed by atoms with van der Waals surface area (Å²) in [5.74, 6) is 0.00287. The minimum Gasteiger partial charge on any atom is -0.356 e. The van der Waals surface area contributed by atoms with Gasteiger partial charge in [0.05, 0.1) is 17.6 Å².